The molecule has 4 aromatic rings. The van der Waals surface area contributed by atoms with Gasteiger partial charge in [0.15, 0.2) is 0 Å². The summed E-state index contributed by atoms with van der Waals surface area (Å²) in [6.07, 6.45) is 0. The summed E-state index contributed by atoms with van der Waals surface area (Å²) in [4.78, 5) is 55.5. The zero-order valence-corrected chi connectivity index (χ0v) is 22.2. The number of H-pyrrole nitrogens is 1. The van der Waals surface area contributed by atoms with E-state index in [1.165, 1.54) is 23.1 Å². The lowest BCUT2D eigenvalue weighted by atomic mass is 9.82. The lowest BCUT2D eigenvalue weighted by Gasteiger charge is -2.30. The van der Waals surface area contributed by atoms with Crippen molar-refractivity contribution >= 4 is 46.3 Å². The third-order valence-electron chi connectivity index (χ3n) is 6.89. The van der Waals surface area contributed by atoms with Gasteiger partial charge >= 0.3 is 4.87 Å². The third kappa shape index (κ3) is 4.43. The molecule has 3 heterocycles. The van der Waals surface area contributed by atoms with Crippen molar-refractivity contribution < 1.29 is 19.2 Å². The van der Waals surface area contributed by atoms with Crippen LogP contribution in [-0.4, -0.2) is 27.0 Å². The van der Waals surface area contributed by atoms with E-state index in [0.717, 1.165) is 34.2 Å². The molecular weight excluding hydrogens is 538 g/mol. The second kappa shape index (κ2) is 9.83. The first kappa shape index (κ1) is 25.1. The van der Waals surface area contributed by atoms with E-state index >= 15 is 0 Å². The fraction of sp³-hybridized carbons (Fsp3) is 0.179. The number of thiazole rings is 1. The number of thioether (sulfide) groups is 1. The number of carbonyl (C=O) groups excluding carboxylic acids is 2. The molecule has 0 aliphatic carbocycles. The number of rotatable bonds is 6. The molecule has 196 valence electrons. The van der Waals surface area contributed by atoms with Crippen molar-refractivity contribution in [2.24, 2.45) is 5.92 Å². The number of ether oxygens (including phenoxy) is 1. The number of carbonyl (C=O) groups is 2. The van der Waals surface area contributed by atoms with Crippen LogP contribution >= 0.6 is 23.1 Å². The van der Waals surface area contributed by atoms with Gasteiger partial charge < -0.3 is 9.72 Å². The highest BCUT2D eigenvalue weighted by Gasteiger charge is 2.57. The molecule has 0 radical (unpaired) electrons. The number of aromatic amines is 1. The molecular formula is C28H21N3O6S2. The van der Waals surface area contributed by atoms with Crippen LogP contribution in [-0.2, 0) is 16.2 Å². The average Bonchev–Trinajstić information content (AvgIpc) is 3.42. The van der Waals surface area contributed by atoms with Gasteiger partial charge in [-0.05, 0) is 30.7 Å². The lowest BCUT2D eigenvalue weighted by molar-refractivity contribution is -0.385. The number of fused-ring (bicyclic) bond motifs is 2. The molecule has 1 N–H and O–H groups in total. The first-order valence-electron chi connectivity index (χ1n) is 12.1. The monoisotopic (exact) mass is 559 g/mol. The maximum absolute atomic E-state index is 14.0. The van der Waals surface area contributed by atoms with Crippen molar-refractivity contribution in [1.29, 1.82) is 0 Å². The highest BCUT2D eigenvalue weighted by atomic mass is 32.2. The van der Waals surface area contributed by atoms with Crippen molar-refractivity contribution in [3.63, 3.8) is 0 Å². The Bertz CT molecular complexity index is 1660. The number of imide groups is 1. The van der Waals surface area contributed by atoms with Crippen molar-refractivity contribution in [3.8, 4) is 5.75 Å². The van der Waals surface area contributed by atoms with Gasteiger partial charge in [0.25, 0.3) is 5.69 Å². The molecule has 1 fully saturated rings. The third-order valence-corrected chi connectivity index (χ3v) is 9.29. The number of aromatic nitrogens is 1. The minimum atomic E-state index is -0.885. The molecule has 0 bridgehead atoms. The van der Waals surface area contributed by atoms with Gasteiger partial charge in [0, 0.05) is 28.5 Å². The number of benzene rings is 3. The molecule has 39 heavy (non-hydrogen) atoms. The van der Waals surface area contributed by atoms with Crippen molar-refractivity contribution in [2.45, 2.75) is 29.7 Å². The Kier molecular flexibility index (Phi) is 6.32. The molecule has 2 aliphatic rings. The first-order chi connectivity index (χ1) is 18.8. The number of non-ortho nitro benzene ring substituents is 1. The molecule has 0 spiro atoms. The van der Waals surface area contributed by atoms with Crippen LogP contribution in [0.2, 0.25) is 0 Å². The Labute approximate surface area is 230 Å². The predicted octanol–water partition coefficient (Wildman–Crippen LogP) is 5.03. The molecule has 6 rings (SSSR count). The standard InChI is InChI=1S/C28H21N3O6S2/c1-15-7-9-17(10-8-15)30-26(32)22-21(23-25(29-28(34)39-23)38-24(22)27(30)33)19-13-18(31(35)36)11-12-20(19)37-14-16-5-3-2-4-6-16/h2-13,21-22,24H,14H2,1H3,(H,29,34)/t21-,22?,24?/m1/s1. The second-order valence-electron chi connectivity index (χ2n) is 9.35. The largest absolute Gasteiger partial charge is 0.489 e. The van der Waals surface area contributed by atoms with Crippen LogP contribution in [0, 0.1) is 23.0 Å². The van der Waals surface area contributed by atoms with Gasteiger partial charge in [-0.1, -0.05) is 71.1 Å². The molecule has 1 saturated heterocycles. The summed E-state index contributed by atoms with van der Waals surface area (Å²) in [6, 6.07) is 20.8. The van der Waals surface area contributed by atoms with Gasteiger partial charge in [0.05, 0.1) is 21.6 Å². The van der Waals surface area contributed by atoms with Crippen molar-refractivity contribution in [2.75, 3.05) is 4.90 Å². The predicted molar refractivity (Wildman–Crippen MR) is 147 cm³/mol. The molecule has 11 heteroatoms. The maximum Gasteiger partial charge on any atom is 0.305 e. The average molecular weight is 560 g/mol. The van der Waals surface area contributed by atoms with E-state index in [-0.39, 0.29) is 17.2 Å². The van der Waals surface area contributed by atoms with Crippen LogP contribution in [0.1, 0.15) is 27.5 Å². The number of aryl methyl sites for hydroxylation is 1. The number of nitro benzene ring substituents is 1. The summed E-state index contributed by atoms with van der Waals surface area (Å²) in [7, 11) is 0. The summed E-state index contributed by atoms with van der Waals surface area (Å²) >= 11 is 2.10. The van der Waals surface area contributed by atoms with Gasteiger partial charge in [-0.15, -0.1) is 0 Å². The lowest BCUT2D eigenvalue weighted by Crippen LogP contribution is -2.32. The maximum atomic E-state index is 14.0. The van der Waals surface area contributed by atoms with Crippen LogP contribution < -0.4 is 14.5 Å². The Hall–Kier alpha value is -4.22. The van der Waals surface area contributed by atoms with Gasteiger partial charge in [-0.25, -0.2) is 4.90 Å². The van der Waals surface area contributed by atoms with Crippen LogP contribution in [0.3, 0.4) is 0 Å². The molecule has 3 aromatic carbocycles. The Balaban J connectivity index is 1.48. The molecule has 1 aromatic heterocycles. The number of hydrogen-bond donors (Lipinski definition) is 1. The van der Waals surface area contributed by atoms with E-state index in [1.54, 1.807) is 12.1 Å². The number of hydrogen-bond acceptors (Lipinski definition) is 8. The number of nitro groups is 1. The topological polar surface area (TPSA) is 123 Å². The fourth-order valence-corrected chi connectivity index (χ4v) is 7.57. The van der Waals surface area contributed by atoms with E-state index in [2.05, 4.69) is 4.98 Å². The number of nitrogens with one attached hydrogen (secondary N) is 1. The number of amides is 2. The summed E-state index contributed by atoms with van der Waals surface area (Å²) in [5, 5.41) is 11.4. The summed E-state index contributed by atoms with van der Waals surface area (Å²) in [6.45, 7) is 2.11. The van der Waals surface area contributed by atoms with Crippen LogP contribution in [0.5, 0.6) is 5.75 Å². The Morgan fingerprint density at radius 2 is 1.74 bits per heavy atom. The molecule has 9 nitrogen and oxygen atoms in total. The van der Waals surface area contributed by atoms with Gasteiger partial charge in [0.2, 0.25) is 11.8 Å². The molecule has 2 unspecified atom stereocenters. The van der Waals surface area contributed by atoms with Gasteiger partial charge in [-0.2, -0.15) is 0 Å². The van der Waals surface area contributed by atoms with E-state index in [4.69, 9.17) is 4.74 Å². The summed E-state index contributed by atoms with van der Waals surface area (Å²) < 4.78 is 6.15. The summed E-state index contributed by atoms with van der Waals surface area (Å²) in [5.74, 6) is -2.14. The molecule has 3 atom stereocenters. The van der Waals surface area contributed by atoms with Crippen LogP contribution in [0.25, 0.3) is 0 Å². The summed E-state index contributed by atoms with van der Waals surface area (Å²) in [5.41, 5.74) is 2.55. The zero-order valence-electron chi connectivity index (χ0n) is 20.5. The SMILES string of the molecule is Cc1ccc(N2C(=O)C3Sc4[nH]c(=O)sc4[C@H](c4cc([N+](=O)[O-])ccc4OCc4ccccc4)C3C2=O)cc1. The highest BCUT2D eigenvalue weighted by Crippen LogP contribution is 2.55. The second-order valence-corrected chi connectivity index (χ2v) is 11.5. The fourth-order valence-electron chi connectivity index (χ4n) is 5.06. The number of anilines is 1. The van der Waals surface area contributed by atoms with Crippen molar-refractivity contribution in [1.82, 2.24) is 4.98 Å². The van der Waals surface area contributed by atoms with E-state index in [9.17, 15) is 24.5 Å². The highest BCUT2D eigenvalue weighted by molar-refractivity contribution is 8.00. The minimum absolute atomic E-state index is 0.177. The molecule has 0 saturated carbocycles. The van der Waals surface area contributed by atoms with Crippen LogP contribution in [0.4, 0.5) is 11.4 Å². The first-order valence-corrected chi connectivity index (χ1v) is 13.8. The molecule has 2 amide bonds. The van der Waals surface area contributed by atoms with Crippen molar-refractivity contribution in [3.05, 3.63) is 114 Å². The normalized spacial score (nSPS) is 20.0. The van der Waals surface area contributed by atoms with E-state index in [1.807, 2.05) is 49.4 Å². The van der Waals surface area contributed by atoms with Crippen LogP contribution in [0.15, 0.2) is 82.6 Å². The minimum Gasteiger partial charge on any atom is -0.489 e. The van der Waals surface area contributed by atoms with Gasteiger partial charge in [-0.3, -0.25) is 24.5 Å². The van der Waals surface area contributed by atoms with Gasteiger partial charge in [0.1, 0.15) is 17.6 Å². The number of nitrogens with zero attached hydrogens (tertiary/aromatic N) is 2. The quantitative estimate of drug-likeness (QED) is 0.200. The van der Waals surface area contributed by atoms with E-state index < -0.39 is 33.8 Å². The Morgan fingerprint density at radius 1 is 1.00 bits per heavy atom. The Morgan fingerprint density at radius 3 is 2.46 bits per heavy atom. The zero-order chi connectivity index (χ0) is 27.3. The van der Waals surface area contributed by atoms with E-state index in [0.29, 0.717) is 26.9 Å². The smallest absolute Gasteiger partial charge is 0.305 e. The molecule has 2 aliphatic heterocycles.